The monoisotopic (exact) mass is 359 g/mol. The van der Waals surface area contributed by atoms with E-state index in [1.54, 1.807) is 29.2 Å². The molecule has 2 aromatic heterocycles. The Morgan fingerprint density at radius 1 is 1.07 bits per heavy atom. The van der Waals surface area contributed by atoms with Gasteiger partial charge in [-0.25, -0.2) is 10.1 Å². The van der Waals surface area contributed by atoms with Crippen molar-refractivity contribution in [3.05, 3.63) is 70.4 Å². The Morgan fingerprint density at radius 3 is 2.70 bits per heavy atom. The van der Waals surface area contributed by atoms with Crippen molar-refractivity contribution < 1.29 is 4.79 Å². The third-order valence-corrected chi connectivity index (χ3v) is 5.14. The summed E-state index contributed by atoms with van der Waals surface area (Å²) in [5, 5.41) is 7.55. The maximum Gasteiger partial charge on any atom is 0.275 e. The summed E-state index contributed by atoms with van der Waals surface area (Å²) >= 11 is 0. The van der Waals surface area contributed by atoms with Crippen LogP contribution >= 0.6 is 0 Å². The van der Waals surface area contributed by atoms with Crippen LogP contribution in [0.4, 0.5) is 0 Å². The van der Waals surface area contributed by atoms with Crippen LogP contribution < -0.4 is 5.56 Å². The molecule has 0 saturated carbocycles. The Labute approximate surface area is 154 Å². The summed E-state index contributed by atoms with van der Waals surface area (Å²) in [6.45, 7) is 0.635. The highest BCUT2D eigenvalue weighted by molar-refractivity contribution is 6.05. The van der Waals surface area contributed by atoms with E-state index in [0.29, 0.717) is 17.3 Å². The van der Waals surface area contributed by atoms with E-state index in [4.69, 9.17) is 0 Å². The first-order chi connectivity index (χ1) is 13.2. The number of likely N-dealkylation sites (tertiary alicyclic amines) is 1. The highest BCUT2D eigenvalue weighted by atomic mass is 16.2. The predicted molar refractivity (Wildman–Crippen MR) is 101 cm³/mol. The number of hydrogen-bond donors (Lipinski definition) is 2. The molecule has 0 aliphatic carbocycles. The molecule has 7 nitrogen and oxygen atoms in total. The molecule has 0 spiro atoms. The Balaban J connectivity index is 1.56. The minimum Gasteiger partial charge on any atom is -0.340 e. The second-order valence-electron chi connectivity index (χ2n) is 6.74. The lowest BCUT2D eigenvalue weighted by molar-refractivity contribution is 0.0725. The number of aromatic nitrogens is 4. The first-order valence-corrected chi connectivity index (χ1v) is 8.95. The molecule has 1 aliphatic heterocycles. The molecular weight excluding hydrogens is 342 g/mol. The van der Waals surface area contributed by atoms with Crippen LogP contribution in [0.25, 0.3) is 21.8 Å². The van der Waals surface area contributed by atoms with E-state index >= 15 is 0 Å². The van der Waals surface area contributed by atoms with E-state index in [1.165, 1.54) is 0 Å². The van der Waals surface area contributed by atoms with Crippen LogP contribution in [-0.4, -0.2) is 37.5 Å². The minimum absolute atomic E-state index is 0.127. The Morgan fingerprint density at radius 2 is 1.85 bits per heavy atom. The SMILES string of the molecule is O=C(c1n[nH]c(=O)c2ccccc12)N1CCCC1c1nc2ccccc2[nH]1. The number of fused-ring (bicyclic) bond motifs is 2. The quantitative estimate of drug-likeness (QED) is 0.575. The number of imidazole rings is 1. The second-order valence-corrected chi connectivity index (χ2v) is 6.74. The van der Waals surface area contributed by atoms with Gasteiger partial charge in [0.1, 0.15) is 5.82 Å². The van der Waals surface area contributed by atoms with E-state index in [1.807, 2.05) is 24.3 Å². The molecule has 1 saturated heterocycles. The molecule has 7 heteroatoms. The third-order valence-electron chi connectivity index (χ3n) is 5.14. The molecule has 2 aromatic carbocycles. The van der Waals surface area contributed by atoms with Crippen molar-refractivity contribution in [3.8, 4) is 0 Å². The number of nitrogens with one attached hydrogen (secondary N) is 2. The molecule has 4 aromatic rings. The van der Waals surface area contributed by atoms with Gasteiger partial charge in [-0.1, -0.05) is 30.3 Å². The van der Waals surface area contributed by atoms with Gasteiger partial charge in [-0.05, 0) is 31.0 Å². The second kappa shape index (κ2) is 6.05. The lowest BCUT2D eigenvalue weighted by atomic mass is 10.1. The molecule has 1 amide bonds. The van der Waals surface area contributed by atoms with E-state index < -0.39 is 0 Å². The molecule has 0 radical (unpaired) electrons. The van der Waals surface area contributed by atoms with Crippen molar-refractivity contribution >= 4 is 27.7 Å². The van der Waals surface area contributed by atoms with E-state index in [0.717, 1.165) is 29.7 Å². The summed E-state index contributed by atoms with van der Waals surface area (Å²) in [6.07, 6.45) is 1.74. The van der Waals surface area contributed by atoms with Crippen molar-refractivity contribution in [2.45, 2.75) is 18.9 Å². The molecule has 1 atom stereocenters. The van der Waals surface area contributed by atoms with Gasteiger partial charge >= 0.3 is 0 Å². The number of aromatic amines is 2. The molecule has 1 fully saturated rings. The number of carbonyl (C=O) groups is 1. The Hall–Kier alpha value is -3.48. The van der Waals surface area contributed by atoms with Crippen molar-refractivity contribution in [2.75, 3.05) is 6.54 Å². The maximum atomic E-state index is 13.3. The van der Waals surface area contributed by atoms with Gasteiger partial charge in [0.15, 0.2) is 5.69 Å². The van der Waals surface area contributed by atoms with Gasteiger partial charge in [0, 0.05) is 11.9 Å². The molecule has 27 heavy (non-hydrogen) atoms. The number of carbonyl (C=O) groups excluding carboxylic acids is 1. The lowest BCUT2D eigenvalue weighted by Gasteiger charge is -2.23. The molecule has 2 N–H and O–H groups in total. The Kier molecular flexibility index (Phi) is 3.53. The first kappa shape index (κ1) is 15.7. The number of hydrogen-bond acceptors (Lipinski definition) is 4. The minimum atomic E-state index is -0.294. The van der Waals surface area contributed by atoms with Gasteiger partial charge in [-0.3, -0.25) is 9.59 Å². The molecule has 1 unspecified atom stereocenters. The normalized spacial score (nSPS) is 17.0. The summed E-state index contributed by atoms with van der Waals surface area (Å²) in [5.74, 6) is 0.598. The molecule has 134 valence electrons. The van der Waals surface area contributed by atoms with Gasteiger partial charge in [0.25, 0.3) is 11.5 Å². The van der Waals surface area contributed by atoms with Crippen LogP contribution in [0.3, 0.4) is 0 Å². The van der Waals surface area contributed by atoms with Crippen LogP contribution in [0.5, 0.6) is 0 Å². The van der Waals surface area contributed by atoms with Gasteiger partial charge in [0.2, 0.25) is 0 Å². The number of nitrogens with zero attached hydrogens (tertiary/aromatic N) is 3. The number of amides is 1. The largest absolute Gasteiger partial charge is 0.340 e. The van der Waals surface area contributed by atoms with Crippen molar-refractivity contribution in [2.24, 2.45) is 0 Å². The van der Waals surface area contributed by atoms with Gasteiger partial charge in [-0.15, -0.1) is 0 Å². The molecule has 1 aliphatic rings. The van der Waals surface area contributed by atoms with Gasteiger partial charge in [0.05, 0.1) is 22.5 Å². The summed E-state index contributed by atoms with van der Waals surface area (Å²) in [4.78, 5) is 35.1. The van der Waals surface area contributed by atoms with Crippen LogP contribution in [0.1, 0.15) is 35.2 Å². The molecule has 0 bridgehead atoms. The van der Waals surface area contributed by atoms with Crippen molar-refractivity contribution in [1.29, 1.82) is 0 Å². The summed E-state index contributed by atoms with van der Waals surface area (Å²) in [5.41, 5.74) is 1.82. The fraction of sp³-hybridized carbons (Fsp3) is 0.200. The fourth-order valence-corrected chi connectivity index (χ4v) is 3.84. The van der Waals surface area contributed by atoms with Crippen LogP contribution in [0, 0.1) is 0 Å². The molecule has 3 heterocycles. The lowest BCUT2D eigenvalue weighted by Crippen LogP contribution is -2.32. The fourth-order valence-electron chi connectivity index (χ4n) is 3.84. The van der Waals surface area contributed by atoms with Crippen LogP contribution in [0.15, 0.2) is 53.3 Å². The standard InChI is InChI=1S/C20H17N5O2/c26-19-13-7-2-1-6-12(13)17(23-24-19)20(27)25-11-5-10-16(25)18-21-14-8-3-4-9-15(14)22-18/h1-4,6-9,16H,5,10-11H2,(H,21,22)(H,24,26). The molecule has 5 rings (SSSR count). The summed E-state index contributed by atoms with van der Waals surface area (Å²) in [7, 11) is 0. The number of H-pyrrole nitrogens is 2. The molecular formula is C20H17N5O2. The number of benzene rings is 2. The van der Waals surface area contributed by atoms with Crippen LogP contribution in [-0.2, 0) is 0 Å². The van der Waals surface area contributed by atoms with E-state index in [-0.39, 0.29) is 23.2 Å². The maximum absolute atomic E-state index is 13.3. The smallest absolute Gasteiger partial charge is 0.275 e. The topological polar surface area (TPSA) is 94.7 Å². The van der Waals surface area contributed by atoms with Crippen LogP contribution in [0.2, 0.25) is 0 Å². The van der Waals surface area contributed by atoms with E-state index in [2.05, 4.69) is 20.2 Å². The number of para-hydroxylation sites is 2. The third kappa shape index (κ3) is 2.51. The van der Waals surface area contributed by atoms with Gasteiger partial charge < -0.3 is 9.88 Å². The van der Waals surface area contributed by atoms with E-state index in [9.17, 15) is 9.59 Å². The average Bonchev–Trinajstić information content (AvgIpc) is 3.34. The summed E-state index contributed by atoms with van der Waals surface area (Å²) < 4.78 is 0. The van der Waals surface area contributed by atoms with Crippen molar-refractivity contribution in [1.82, 2.24) is 25.1 Å². The van der Waals surface area contributed by atoms with Gasteiger partial charge in [-0.2, -0.15) is 5.10 Å². The zero-order chi connectivity index (χ0) is 18.4. The summed E-state index contributed by atoms with van der Waals surface area (Å²) in [6, 6.07) is 14.7. The highest BCUT2D eigenvalue weighted by Crippen LogP contribution is 2.33. The zero-order valence-corrected chi connectivity index (χ0v) is 14.5. The average molecular weight is 359 g/mol. The predicted octanol–water partition coefficient (Wildman–Crippen LogP) is 2.78. The Bertz CT molecular complexity index is 1190. The van der Waals surface area contributed by atoms with Crippen molar-refractivity contribution in [3.63, 3.8) is 0 Å². The number of rotatable bonds is 2. The zero-order valence-electron chi connectivity index (χ0n) is 14.5. The first-order valence-electron chi connectivity index (χ1n) is 8.95. The highest BCUT2D eigenvalue weighted by Gasteiger charge is 2.34.